The molecule has 2 saturated heterocycles. The number of nitrogens with zero attached hydrogens (tertiary/aromatic N) is 2. The van der Waals surface area contributed by atoms with Crippen molar-refractivity contribution in [2.45, 2.75) is 88.5 Å². The van der Waals surface area contributed by atoms with E-state index >= 15 is 0 Å². The van der Waals surface area contributed by atoms with Gasteiger partial charge in [0.05, 0.1) is 28.4 Å². The number of rotatable bonds is 7. The maximum absolute atomic E-state index is 13.8. The summed E-state index contributed by atoms with van der Waals surface area (Å²) in [5.74, 6) is -2.19. The number of hydrogen-bond acceptors (Lipinski definition) is 7. The highest BCUT2D eigenvalue weighted by Gasteiger charge is 2.52. The summed E-state index contributed by atoms with van der Waals surface area (Å²) >= 11 is 0. The lowest BCUT2D eigenvalue weighted by molar-refractivity contribution is -0.147. The van der Waals surface area contributed by atoms with Crippen molar-refractivity contribution < 1.29 is 29.4 Å². The highest BCUT2D eigenvalue weighted by molar-refractivity contribution is 6.79. The predicted molar refractivity (Wildman–Crippen MR) is 128 cm³/mol. The predicted octanol–water partition coefficient (Wildman–Crippen LogP) is -2.04. The summed E-state index contributed by atoms with van der Waals surface area (Å²) in [5, 5.41) is 22.1. The number of primary amides is 1. The van der Waals surface area contributed by atoms with E-state index in [2.05, 4.69) is 31.5 Å². The Morgan fingerprint density at radius 3 is 1.85 bits per heavy atom. The minimum absolute atomic E-state index is 0.315. The van der Waals surface area contributed by atoms with Crippen molar-refractivity contribution in [3.05, 3.63) is 0 Å². The monoisotopic (exact) mass is 501 g/mol. The minimum Gasteiger partial charge on any atom is -0.391 e. The van der Waals surface area contributed by atoms with Crippen LogP contribution in [0.4, 0.5) is 0 Å². The quantitative estimate of drug-likeness (QED) is 0.249. The van der Waals surface area contributed by atoms with Crippen molar-refractivity contribution in [3.8, 4) is 0 Å². The largest absolute Gasteiger partial charge is 0.391 e. The summed E-state index contributed by atoms with van der Waals surface area (Å²) < 4.78 is 0. The lowest BCUT2D eigenvalue weighted by Crippen LogP contribution is -2.58. The molecule has 188 valence electrons. The average molecular weight is 502 g/mol. The van der Waals surface area contributed by atoms with E-state index in [4.69, 9.17) is 11.5 Å². The molecule has 0 aliphatic carbocycles. The fourth-order valence-electron chi connectivity index (χ4n) is 4.73. The number of carbonyl (C=O) groups is 4. The van der Waals surface area contributed by atoms with Crippen LogP contribution in [0.25, 0.3) is 0 Å². The van der Waals surface area contributed by atoms with Gasteiger partial charge in [0.1, 0.15) is 24.2 Å². The Morgan fingerprint density at radius 2 is 1.39 bits per heavy atom. The molecule has 0 aromatic carbocycles. The molecule has 6 atom stereocenters. The lowest BCUT2D eigenvalue weighted by Gasteiger charge is -2.33. The van der Waals surface area contributed by atoms with Crippen LogP contribution in [-0.2, 0) is 19.2 Å². The highest BCUT2D eigenvalue weighted by atomic mass is 28.3. The standard InChI is InChI=1S/C20H39N5O6Si2/c1-11(26)15(21)20(31)25-10-33(5,6)8-14(25)19(30)24-9-32(3,4)7-13(24)18(29)23-16(12(2)27)17(22)28/h11-16,26-27H,7-10,21H2,1-6H3,(H2,22,28)(H,23,29)/t11-,12+,13-,14-,15+,16-/m1/s1. The first-order valence-electron chi connectivity index (χ1n) is 11.3. The second kappa shape index (κ2) is 9.82. The van der Waals surface area contributed by atoms with Gasteiger partial charge in [-0.25, -0.2) is 0 Å². The minimum atomic E-state index is -1.96. The molecule has 0 aromatic heterocycles. The Kier molecular flexibility index (Phi) is 8.16. The van der Waals surface area contributed by atoms with Gasteiger partial charge in [-0.1, -0.05) is 26.2 Å². The lowest BCUT2D eigenvalue weighted by atomic mass is 10.1. The number of nitrogens with two attached hydrogens (primary N) is 2. The molecule has 33 heavy (non-hydrogen) atoms. The number of nitrogens with one attached hydrogen (secondary N) is 1. The van der Waals surface area contributed by atoms with Crippen LogP contribution < -0.4 is 16.8 Å². The summed E-state index contributed by atoms with van der Waals surface area (Å²) in [6, 6.07) is -2.92. The van der Waals surface area contributed by atoms with Gasteiger partial charge in [-0.3, -0.25) is 19.2 Å². The first-order valence-corrected chi connectivity index (χ1v) is 18.1. The van der Waals surface area contributed by atoms with Gasteiger partial charge in [0, 0.05) is 12.3 Å². The molecular formula is C20H39N5O6Si2. The Labute approximate surface area is 196 Å². The van der Waals surface area contributed by atoms with Crippen LogP contribution in [0.2, 0.25) is 38.3 Å². The molecule has 0 unspecified atom stereocenters. The SMILES string of the molecule is C[C@H](O)[C@@H](NC(=O)[C@H]1C[Si](C)(C)CN1C(=O)[C@H]1C[Si](C)(C)CN1C(=O)[C@@H](N)[C@@H](C)O)C(N)=O. The van der Waals surface area contributed by atoms with Crippen LogP contribution in [0.3, 0.4) is 0 Å². The molecular weight excluding hydrogens is 462 g/mol. The van der Waals surface area contributed by atoms with E-state index in [1.54, 1.807) is 0 Å². The Bertz CT molecular complexity index is 806. The van der Waals surface area contributed by atoms with E-state index in [1.807, 2.05) is 0 Å². The molecule has 0 bridgehead atoms. The van der Waals surface area contributed by atoms with E-state index in [-0.39, 0.29) is 5.91 Å². The van der Waals surface area contributed by atoms with Crippen molar-refractivity contribution in [2.75, 3.05) is 12.3 Å². The third-order valence-corrected chi connectivity index (χ3v) is 11.9. The summed E-state index contributed by atoms with van der Waals surface area (Å²) in [7, 11) is -3.89. The third-order valence-electron chi connectivity index (χ3n) is 6.49. The maximum Gasteiger partial charge on any atom is 0.245 e. The van der Waals surface area contributed by atoms with Gasteiger partial charge in [0.25, 0.3) is 0 Å². The van der Waals surface area contributed by atoms with E-state index in [9.17, 15) is 29.4 Å². The molecule has 11 nitrogen and oxygen atoms in total. The van der Waals surface area contributed by atoms with Gasteiger partial charge in [-0.2, -0.15) is 0 Å². The second-order valence-corrected chi connectivity index (χ2v) is 21.2. The van der Waals surface area contributed by atoms with Gasteiger partial charge in [-0.05, 0) is 25.9 Å². The normalized spacial score (nSPS) is 27.5. The molecule has 7 N–H and O–H groups in total. The zero-order chi connectivity index (χ0) is 25.5. The van der Waals surface area contributed by atoms with E-state index in [1.165, 1.54) is 23.6 Å². The molecule has 2 aliphatic rings. The number of hydrogen-bond donors (Lipinski definition) is 5. The molecule has 2 fully saturated rings. The molecule has 2 aliphatic heterocycles. The molecule has 4 amide bonds. The first kappa shape index (κ1) is 27.4. The average Bonchev–Trinajstić information content (AvgIpc) is 3.18. The van der Waals surface area contributed by atoms with Gasteiger partial charge in [-0.15, -0.1) is 0 Å². The van der Waals surface area contributed by atoms with Gasteiger partial charge >= 0.3 is 0 Å². The fraction of sp³-hybridized carbons (Fsp3) is 0.800. The summed E-state index contributed by atoms with van der Waals surface area (Å²) in [5.41, 5.74) is 11.2. The van der Waals surface area contributed by atoms with Crippen LogP contribution in [-0.4, -0.2) is 109 Å². The Hall–Kier alpha value is -1.81. The van der Waals surface area contributed by atoms with Crippen molar-refractivity contribution in [1.29, 1.82) is 0 Å². The zero-order valence-electron chi connectivity index (χ0n) is 20.4. The van der Waals surface area contributed by atoms with Gasteiger partial charge in [0.15, 0.2) is 0 Å². The van der Waals surface area contributed by atoms with Crippen molar-refractivity contribution in [3.63, 3.8) is 0 Å². The Balaban J connectivity index is 2.32. The maximum atomic E-state index is 13.8. The number of aliphatic hydroxyl groups is 2. The fourth-order valence-corrected chi connectivity index (χ4v) is 10.5. The van der Waals surface area contributed by atoms with Crippen LogP contribution in [0.15, 0.2) is 0 Å². The molecule has 0 spiro atoms. The topological polar surface area (TPSA) is 179 Å². The third kappa shape index (κ3) is 6.20. The summed E-state index contributed by atoms with van der Waals surface area (Å²) in [6.45, 7) is 11.1. The van der Waals surface area contributed by atoms with Gasteiger partial charge < -0.3 is 36.8 Å². The van der Waals surface area contributed by atoms with Crippen molar-refractivity contribution in [1.82, 2.24) is 15.1 Å². The first-order chi connectivity index (χ1) is 15.0. The van der Waals surface area contributed by atoms with Crippen molar-refractivity contribution in [2.24, 2.45) is 11.5 Å². The highest BCUT2D eigenvalue weighted by Crippen LogP contribution is 2.33. The molecule has 0 radical (unpaired) electrons. The molecule has 2 heterocycles. The van der Waals surface area contributed by atoms with E-state index < -0.39 is 70.2 Å². The number of carbonyl (C=O) groups excluding carboxylic acids is 4. The van der Waals surface area contributed by atoms with Crippen LogP contribution >= 0.6 is 0 Å². The number of amides is 4. The number of aliphatic hydroxyl groups excluding tert-OH is 2. The van der Waals surface area contributed by atoms with Crippen molar-refractivity contribution >= 4 is 39.8 Å². The smallest absolute Gasteiger partial charge is 0.245 e. The molecule has 13 heteroatoms. The van der Waals surface area contributed by atoms with Crippen LogP contribution in [0.5, 0.6) is 0 Å². The second-order valence-electron chi connectivity index (χ2n) is 11.1. The molecule has 0 aromatic rings. The van der Waals surface area contributed by atoms with E-state index in [0.29, 0.717) is 24.4 Å². The summed E-state index contributed by atoms with van der Waals surface area (Å²) in [6.07, 6.45) is -1.36. The van der Waals surface area contributed by atoms with E-state index in [0.717, 1.165) is 0 Å². The zero-order valence-corrected chi connectivity index (χ0v) is 22.4. The molecule has 2 rings (SSSR count). The van der Waals surface area contributed by atoms with Crippen LogP contribution in [0.1, 0.15) is 13.8 Å². The summed E-state index contributed by atoms with van der Waals surface area (Å²) in [4.78, 5) is 54.5. The Morgan fingerprint density at radius 1 is 0.909 bits per heavy atom. The molecule has 0 saturated carbocycles. The van der Waals surface area contributed by atoms with Gasteiger partial charge in [0.2, 0.25) is 23.6 Å². The van der Waals surface area contributed by atoms with Crippen LogP contribution in [0, 0.1) is 0 Å².